The maximum atomic E-state index is 12.3. The van der Waals surface area contributed by atoms with Crippen LogP contribution in [0.2, 0.25) is 0 Å². The summed E-state index contributed by atoms with van der Waals surface area (Å²) >= 11 is 7.89. The Bertz CT molecular complexity index is 3200. The van der Waals surface area contributed by atoms with Crippen LogP contribution in [0.15, 0.2) is 272 Å². The number of carboxylic acids is 2. The number of carboxylic acid groups (broad SMARTS) is 2. The van der Waals surface area contributed by atoms with E-state index in [0.717, 1.165) is 18.2 Å². The topological polar surface area (TPSA) is 185 Å². The van der Waals surface area contributed by atoms with Crippen molar-refractivity contribution in [1.29, 1.82) is 0 Å². The molecule has 80 heavy (non-hydrogen) atoms. The van der Waals surface area contributed by atoms with E-state index in [2.05, 4.69) is 182 Å². The third kappa shape index (κ3) is 19.4. The molecule has 0 aliphatic heterocycles. The summed E-state index contributed by atoms with van der Waals surface area (Å²) in [5.41, 5.74) is -0.487. The fourth-order valence-corrected chi connectivity index (χ4v) is 13.0. The minimum absolute atomic E-state index is 0. The van der Waals surface area contributed by atoms with Crippen LogP contribution in [0, 0.1) is 20.1 Å². The molecule has 0 aliphatic rings. The van der Waals surface area contributed by atoms with Crippen LogP contribution in [0.25, 0.3) is 0 Å². The highest BCUT2D eigenvalue weighted by atomic mass is 127. The van der Waals surface area contributed by atoms with Gasteiger partial charge in [-0.05, 0) is 212 Å². The number of hydrogen-bond acceptors (Lipinski definition) is 8. The molecule has 0 aliphatic carbocycles. The van der Waals surface area contributed by atoms with Gasteiger partial charge in [-0.3, -0.25) is 0 Å². The van der Waals surface area contributed by atoms with Gasteiger partial charge < -0.3 is 40.5 Å². The van der Waals surface area contributed by atoms with Crippen molar-refractivity contribution < 1.29 is 54.5 Å². The van der Waals surface area contributed by atoms with Crippen LogP contribution in [0.1, 0.15) is 28.1 Å². The van der Waals surface area contributed by atoms with Gasteiger partial charge in [-0.25, -0.2) is 14.0 Å². The van der Waals surface area contributed by atoms with Crippen LogP contribution >= 0.6 is 90.4 Å². The van der Waals surface area contributed by atoms with Crippen LogP contribution in [-0.4, -0.2) is 47.7 Å². The quantitative estimate of drug-likeness (QED) is 0.0395. The SMILES string of the molecule is C.O=C(O)c1ccc(F)cc1O.O=C(O)c1ccc(Oc2cc(I)c(O)cc2I)cc1O.Oc1cc(I)c(O)cc1I.c1ccc([S+](c2ccccc2)c2ccccc2)cc1.c1ccc([S+](c2ccccc2)c2ccccc2)cc1. The normalized spacial score (nSPS) is 10.1. The number of phenols is 5. The largest absolute Gasteiger partial charge is 0.507 e. The van der Waals surface area contributed by atoms with Gasteiger partial charge in [-0.15, -0.1) is 0 Å². The lowest BCUT2D eigenvalue weighted by molar-refractivity contribution is 0.0682. The molecule has 0 radical (unpaired) electrons. The van der Waals surface area contributed by atoms with Gasteiger partial charge >= 0.3 is 11.9 Å². The van der Waals surface area contributed by atoms with Crippen LogP contribution in [-0.2, 0) is 21.8 Å². The van der Waals surface area contributed by atoms with Crippen molar-refractivity contribution >= 4 is 124 Å². The molecule has 0 amide bonds. The Balaban J connectivity index is 0.000000188. The molecule has 10 rings (SSSR count). The highest BCUT2D eigenvalue weighted by molar-refractivity contribution is 14.1. The van der Waals surface area contributed by atoms with E-state index in [1.54, 1.807) is 12.1 Å². The lowest BCUT2D eigenvalue weighted by Crippen LogP contribution is -2.04. The third-order valence-electron chi connectivity index (χ3n) is 10.5. The Morgan fingerprint density at radius 3 is 0.912 bits per heavy atom. The van der Waals surface area contributed by atoms with Crippen molar-refractivity contribution in [2.75, 3.05) is 0 Å². The molecule has 17 heteroatoms. The molecule has 0 bridgehead atoms. The summed E-state index contributed by atoms with van der Waals surface area (Å²) in [5, 5.41) is 63.4. The lowest BCUT2D eigenvalue weighted by Gasteiger charge is -2.10. The average Bonchev–Trinajstić information content (AvgIpc) is 3.44. The number of aromatic hydroxyl groups is 5. The zero-order valence-electron chi connectivity index (χ0n) is 41.2. The first-order valence-electron chi connectivity index (χ1n) is 23.3. The highest BCUT2D eigenvalue weighted by Crippen LogP contribution is 2.36. The Kier molecular flexibility index (Phi) is 26.3. The van der Waals surface area contributed by atoms with E-state index in [0.29, 0.717) is 25.8 Å². The Morgan fingerprint density at radius 1 is 0.350 bits per heavy atom. The summed E-state index contributed by atoms with van der Waals surface area (Å²) in [6, 6.07) is 77.3. The predicted molar refractivity (Wildman–Crippen MR) is 349 cm³/mol. The first-order valence-corrected chi connectivity index (χ1v) is 30.1. The zero-order chi connectivity index (χ0) is 56.8. The maximum absolute atomic E-state index is 12.3. The van der Waals surface area contributed by atoms with Gasteiger partial charge in [0.25, 0.3) is 0 Å². The van der Waals surface area contributed by atoms with Crippen molar-refractivity contribution in [1.82, 2.24) is 0 Å². The number of hydrogen-bond donors (Lipinski definition) is 7. The molecule has 408 valence electrons. The Hall–Kier alpha value is -6.51. The molecular weight excluding hydrogens is 1510 g/mol. The van der Waals surface area contributed by atoms with Gasteiger partial charge in [-0.1, -0.05) is 117 Å². The van der Waals surface area contributed by atoms with Gasteiger partial charge in [0.05, 0.1) is 36.1 Å². The monoisotopic (exact) mass is 1560 g/mol. The van der Waals surface area contributed by atoms with E-state index in [1.165, 1.54) is 59.7 Å². The molecule has 7 N–H and O–H groups in total. The first-order chi connectivity index (χ1) is 38.0. The third-order valence-corrected chi connectivity index (χ3v) is 18.4. The number of rotatable bonds is 10. The standard InChI is InChI=1S/2C18H15S.C13H8I2O5.C7H5FO3.C6H4I2O2.CH4/c2*1-4-10-16(11-5-1)19(17-12-6-2-7-13-17)18-14-8-3-9-15-18;14-8-5-12(9(15)4-11(8)17)20-6-1-2-7(13(18)19)10(16)3-6;8-4-1-2-5(7(10)11)6(9)3-4;7-3-1-5(9)4(8)2-6(3)10;/h2*1-15H;1-5,16-17H,(H,18,19);1-3,9H,(H,10,11);1-2,9-10H;1H4/q2*+1;;;;. The molecule has 0 spiro atoms. The van der Waals surface area contributed by atoms with E-state index < -0.39 is 23.5 Å². The second-order valence-corrected chi connectivity index (χ2v) is 24.7. The molecule has 0 saturated heterocycles. The molecule has 10 nitrogen and oxygen atoms in total. The number of halogens is 5. The molecule has 10 aromatic carbocycles. The number of carbonyl (C=O) groups is 2. The highest BCUT2D eigenvalue weighted by Gasteiger charge is 2.29. The predicted octanol–water partition coefficient (Wildman–Crippen LogP) is 17.5. The first kappa shape index (κ1) is 64.3. The molecule has 0 heterocycles. The number of aromatic carboxylic acids is 2. The second kappa shape index (κ2) is 32.7. The number of benzene rings is 10. The summed E-state index contributed by atoms with van der Waals surface area (Å²) in [6.07, 6.45) is 0. The zero-order valence-corrected chi connectivity index (χ0v) is 51.4. The van der Waals surface area contributed by atoms with Crippen LogP contribution in [0.4, 0.5) is 4.39 Å². The van der Waals surface area contributed by atoms with Gasteiger partial charge in [0, 0.05) is 12.1 Å². The smallest absolute Gasteiger partial charge is 0.339 e. The molecule has 0 unspecified atom stereocenters. The van der Waals surface area contributed by atoms with Gasteiger partial charge in [0.15, 0.2) is 29.4 Å². The molecule has 10 aromatic rings. The molecule has 0 aromatic heterocycles. The lowest BCUT2D eigenvalue weighted by atomic mass is 10.2. The summed E-state index contributed by atoms with van der Waals surface area (Å²) < 4.78 is 20.5. The van der Waals surface area contributed by atoms with Crippen molar-refractivity contribution in [2.24, 2.45) is 0 Å². The summed E-state index contributed by atoms with van der Waals surface area (Å²) in [7, 11) is -0.0293. The number of phenolic OH excluding ortho intramolecular Hbond substituents is 3. The van der Waals surface area contributed by atoms with Crippen LogP contribution < -0.4 is 4.74 Å². The second-order valence-electron chi connectivity index (χ2n) is 16.0. The fourth-order valence-electron chi connectivity index (χ4n) is 6.85. The summed E-state index contributed by atoms with van der Waals surface area (Å²) in [4.78, 5) is 29.2. The van der Waals surface area contributed by atoms with Crippen LogP contribution in [0.3, 0.4) is 0 Å². The van der Waals surface area contributed by atoms with Crippen LogP contribution in [0.5, 0.6) is 40.2 Å². The number of ether oxygens (including phenoxy) is 1. The van der Waals surface area contributed by atoms with Crippen molar-refractivity contribution in [3.05, 3.63) is 274 Å². The maximum Gasteiger partial charge on any atom is 0.339 e. The van der Waals surface area contributed by atoms with E-state index in [4.69, 9.17) is 30.3 Å². The minimum Gasteiger partial charge on any atom is -0.507 e. The van der Waals surface area contributed by atoms with Crippen molar-refractivity contribution in [3.8, 4) is 40.2 Å². The average molecular weight is 1560 g/mol. The summed E-state index contributed by atoms with van der Waals surface area (Å²) in [5.74, 6) is -2.66. The molecule has 0 fully saturated rings. The van der Waals surface area contributed by atoms with Crippen molar-refractivity contribution in [2.45, 2.75) is 36.8 Å². The van der Waals surface area contributed by atoms with E-state index >= 15 is 0 Å². The minimum atomic E-state index is -1.28. The van der Waals surface area contributed by atoms with Crippen molar-refractivity contribution in [3.63, 3.8) is 0 Å². The fraction of sp³-hybridized carbons (Fsp3) is 0.0159. The Labute approximate surface area is 523 Å². The van der Waals surface area contributed by atoms with Gasteiger partial charge in [0.1, 0.15) is 57.2 Å². The van der Waals surface area contributed by atoms with E-state index in [9.17, 15) is 24.2 Å². The van der Waals surface area contributed by atoms with Gasteiger partial charge in [-0.2, -0.15) is 0 Å². The van der Waals surface area contributed by atoms with Gasteiger partial charge in [0.2, 0.25) is 0 Å². The molecule has 0 saturated carbocycles. The Morgan fingerprint density at radius 2 is 0.625 bits per heavy atom. The molecular formula is C63H51FI4O10S2+2. The summed E-state index contributed by atoms with van der Waals surface area (Å²) in [6.45, 7) is 0. The van der Waals surface area contributed by atoms with E-state index in [1.807, 2.05) is 90.4 Å². The molecule has 0 atom stereocenters. The van der Waals surface area contributed by atoms with E-state index in [-0.39, 0.29) is 63.3 Å².